The van der Waals surface area contributed by atoms with Crippen molar-refractivity contribution in [3.63, 3.8) is 0 Å². The van der Waals surface area contributed by atoms with Gasteiger partial charge in [-0.05, 0) is 63.1 Å². The van der Waals surface area contributed by atoms with Gasteiger partial charge in [0, 0.05) is 18.1 Å². The average molecular weight is 335 g/mol. The van der Waals surface area contributed by atoms with Gasteiger partial charge in [-0.3, -0.25) is 4.90 Å². The van der Waals surface area contributed by atoms with Crippen LogP contribution < -0.4 is 0 Å². The molecule has 23 heavy (non-hydrogen) atoms. The summed E-state index contributed by atoms with van der Waals surface area (Å²) in [6.45, 7) is 3.46. The Morgan fingerprint density at radius 3 is 2.83 bits per heavy atom. The van der Waals surface area contributed by atoms with Crippen LogP contribution in [-0.2, 0) is 0 Å². The molecule has 2 aliphatic heterocycles. The first kappa shape index (κ1) is 17.6. The summed E-state index contributed by atoms with van der Waals surface area (Å²) in [5.74, 6) is 0.959. The van der Waals surface area contributed by atoms with Crippen molar-refractivity contribution in [3.05, 3.63) is 0 Å². The van der Waals surface area contributed by atoms with Crippen LogP contribution in [0.25, 0.3) is 0 Å². The van der Waals surface area contributed by atoms with E-state index in [0.29, 0.717) is 11.6 Å². The number of hydrogen-bond acceptors (Lipinski definition) is 3. The molecule has 130 valence electrons. The number of rotatable bonds is 6. The maximum atomic E-state index is 4.89. The van der Waals surface area contributed by atoms with Gasteiger partial charge >= 0.3 is 0 Å². The van der Waals surface area contributed by atoms with Gasteiger partial charge in [0.05, 0.1) is 11.2 Å². The van der Waals surface area contributed by atoms with Crippen LogP contribution in [0.1, 0.15) is 90.4 Å². The number of isothiocyanates is 1. The third-order valence-corrected chi connectivity index (χ3v) is 7.08. The number of unbranched alkanes of at least 4 members (excludes halogenated alkanes) is 3. The Bertz CT molecular complexity index is 431. The van der Waals surface area contributed by atoms with E-state index in [1.165, 1.54) is 83.5 Å². The zero-order valence-corrected chi connectivity index (χ0v) is 15.8. The van der Waals surface area contributed by atoms with Crippen molar-refractivity contribution in [2.24, 2.45) is 10.9 Å². The van der Waals surface area contributed by atoms with Crippen molar-refractivity contribution in [2.75, 3.05) is 6.54 Å². The molecule has 1 aliphatic carbocycles. The van der Waals surface area contributed by atoms with Gasteiger partial charge in [0.1, 0.15) is 0 Å². The first-order valence-electron chi connectivity index (χ1n) is 10.1. The second kappa shape index (κ2) is 8.23. The van der Waals surface area contributed by atoms with Crippen LogP contribution in [0.3, 0.4) is 0 Å². The van der Waals surface area contributed by atoms with E-state index in [1.54, 1.807) is 0 Å². The standard InChI is InChI=1S/C20H34N2S/c1-2-3-4-5-9-19-11-10-17-8-6-7-13-20(17)14-12-18(21-16-23)15-22(19)20/h17-19H,2-15H2,1H3/t17-,18+,19-,20-/m0/s1. The van der Waals surface area contributed by atoms with Gasteiger partial charge in [-0.15, -0.1) is 0 Å². The van der Waals surface area contributed by atoms with Gasteiger partial charge in [-0.1, -0.05) is 45.4 Å². The molecule has 1 spiro atoms. The molecule has 0 aromatic rings. The number of nitrogens with zero attached hydrogens (tertiary/aromatic N) is 2. The van der Waals surface area contributed by atoms with Crippen molar-refractivity contribution < 1.29 is 0 Å². The summed E-state index contributed by atoms with van der Waals surface area (Å²) in [5.41, 5.74) is 0.527. The highest BCUT2D eigenvalue weighted by molar-refractivity contribution is 7.78. The topological polar surface area (TPSA) is 15.6 Å². The highest BCUT2D eigenvalue weighted by atomic mass is 32.1. The second-order valence-electron chi connectivity index (χ2n) is 8.19. The zero-order valence-electron chi connectivity index (χ0n) is 14.9. The third-order valence-electron chi connectivity index (χ3n) is 6.98. The largest absolute Gasteiger partial charge is 0.292 e. The smallest absolute Gasteiger partial charge is 0.0730 e. The number of thiocarbonyl (C=S) groups is 1. The van der Waals surface area contributed by atoms with Crippen molar-refractivity contribution in [1.82, 2.24) is 4.90 Å². The molecule has 2 saturated heterocycles. The Morgan fingerprint density at radius 1 is 1.09 bits per heavy atom. The highest BCUT2D eigenvalue weighted by Gasteiger charge is 2.52. The van der Waals surface area contributed by atoms with Crippen molar-refractivity contribution in [2.45, 2.75) is 108 Å². The maximum Gasteiger partial charge on any atom is 0.0730 e. The lowest BCUT2D eigenvalue weighted by molar-refractivity contribution is -0.0985. The van der Waals surface area contributed by atoms with E-state index in [1.807, 2.05) is 0 Å². The van der Waals surface area contributed by atoms with Gasteiger partial charge < -0.3 is 0 Å². The van der Waals surface area contributed by atoms with Crippen molar-refractivity contribution >= 4 is 17.4 Å². The first-order chi connectivity index (χ1) is 11.3. The normalized spacial score (nSPS) is 37.5. The predicted molar refractivity (Wildman–Crippen MR) is 101 cm³/mol. The lowest BCUT2D eigenvalue weighted by Crippen LogP contribution is -2.65. The molecule has 0 unspecified atom stereocenters. The fourth-order valence-corrected chi connectivity index (χ4v) is 5.97. The molecule has 0 amide bonds. The second-order valence-corrected chi connectivity index (χ2v) is 8.37. The van der Waals surface area contributed by atoms with Gasteiger partial charge in [-0.25, -0.2) is 4.99 Å². The molecular formula is C20H34N2S. The highest BCUT2D eigenvalue weighted by Crippen LogP contribution is 2.51. The predicted octanol–water partition coefficient (Wildman–Crippen LogP) is 5.62. The lowest BCUT2D eigenvalue weighted by atomic mass is 9.62. The monoisotopic (exact) mass is 334 g/mol. The SMILES string of the molecule is CCCCCC[C@H]1CC[C@@H]2CCCC[C@]23CC[C@@H](N=C=S)CN13. The van der Waals surface area contributed by atoms with E-state index in [9.17, 15) is 0 Å². The van der Waals surface area contributed by atoms with Crippen LogP contribution in [0.4, 0.5) is 0 Å². The Kier molecular flexibility index (Phi) is 6.29. The Morgan fingerprint density at radius 2 is 2.00 bits per heavy atom. The molecule has 2 nitrogen and oxygen atoms in total. The van der Waals surface area contributed by atoms with E-state index in [2.05, 4.69) is 22.0 Å². The molecule has 4 atom stereocenters. The molecule has 3 fully saturated rings. The Labute approximate surface area is 148 Å². The fourth-order valence-electron chi connectivity index (χ4n) is 5.82. The summed E-state index contributed by atoms with van der Waals surface area (Å²) >= 11 is 4.89. The molecule has 0 aromatic heterocycles. The quantitative estimate of drug-likeness (QED) is 0.356. The molecule has 3 rings (SSSR count). The lowest BCUT2D eigenvalue weighted by Gasteiger charge is -2.61. The van der Waals surface area contributed by atoms with Crippen LogP contribution in [0.15, 0.2) is 4.99 Å². The summed E-state index contributed by atoms with van der Waals surface area (Å²) in [4.78, 5) is 7.42. The van der Waals surface area contributed by atoms with E-state index in [-0.39, 0.29) is 0 Å². The molecule has 3 heteroatoms. The van der Waals surface area contributed by atoms with Gasteiger partial charge in [-0.2, -0.15) is 0 Å². The van der Waals surface area contributed by atoms with Crippen molar-refractivity contribution in [3.8, 4) is 0 Å². The van der Waals surface area contributed by atoms with E-state index in [4.69, 9.17) is 12.2 Å². The maximum absolute atomic E-state index is 4.89. The van der Waals surface area contributed by atoms with Crippen molar-refractivity contribution in [1.29, 1.82) is 0 Å². The number of hydrogen-bond donors (Lipinski definition) is 0. The van der Waals surface area contributed by atoms with Crippen LogP contribution in [-0.4, -0.2) is 34.2 Å². The molecule has 2 heterocycles. The minimum Gasteiger partial charge on any atom is -0.292 e. The van der Waals surface area contributed by atoms with E-state index in [0.717, 1.165) is 18.5 Å². The molecular weight excluding hydrogens is 300 g/mol. The Balaban J connectivity index is 1.72. The minimum absolute atomic E-state index is 0.414. The van der Waals surface area contributed by atoms with Gasteiger partial charge in [0.25, 0.3) is 0 Å². The molecule has 0 bridgehead atoms. The Hall–Kier alpha value is -0.240. The van der Waals surface area contributed by atoms with Crippen LogP contribution in [0, 0.1) is 5.92 Å². The summed E-state index contributed by atoms with van der Waals surface area (Å²) in [6.07, 6.45) is 18.3. The summed E-state index contributed by atoms with van der Waals surface area (Å²) in [7, 11) is 0. The average Bonchev–Trinajstić information content (AvgIpc) is 2.58. The van der Waals surface area contributed by atoms with Crippen LogP contribution >= 0.6 is 12.2 Å². The summed E-state index contributed by atoms with van der Waals surface area (Å²) in [5, 5.41) is 2.66. The molecule has 0 N–H and O–H groups in total. The number of aliphatic imine (C=N–C) groups is 1. The molecule has 3 aliphatic rings. The third kappa shape index (κ3) is 3.72. The molecule has 0 aromatic carbocycles. The fraction of sp³-hybridized carbons (Fsp3) is 0.950. The minimum atomic E-state index is 0.414. The van der Waals surface area contributed by atoms with E-state index < -0.39 is 0 Å². The zero-order chi connectivity index (χ0) is 16.1. The van der Waals surface area contributed by atoms with Gasteiger partial charge in [0.15, 0.2) is 0 Å². The summed E-state index contributed by atoms with van der Waals surface area (Å²) < 4.78 is 0. The molecule has 1 saturated carbocycles. The number of piperidine rings is 2. The van der Waals surface area contributed by atoms with Crippen LogP contribution in [0.5, 0.6) is 0 Å². The van der Waals surface area contributed by atoms with E-state index >= 15 is 0 Å². The first-order valence-corrected chi connectivity index (χ1v) is 10.5. The molecule has 0 radical (unpaired) electrons. The van der Waals surface area contributed by atoms with Gasteiger partial charge in [0.2, 0.25) is 0 Å². The summed E-state index contributed by atoms with van der Waals surface area (Å²) in [6, 6.07) is 1.22. The van der Waals surface area contributed by atoms with Crippen LogP contribution in [0.2, 0.25) is 0 Å².